The van der Waals surface area contributed by atoms with E-state index < -0.39 is 0 Å². The van der Waals surface area contributed by atoms with Crippen LogP contribution in [0, 0.1) is 0 Å². The summed E-state index contributed by atoms with van der Waals surface area (Å²) in [6.07, 6.45) is 0.914. The van der Waals surface area contributed by atoms with Gasteiger partial charge in [-0.1, -0.05) is 0 Å². The Morgan fingerprint density at radius 3 is 3.19 bits per heavy atom. The monoisotopic (exact) mass is 221 g/mol. The highest BCUT2D eigenvalue weighted by molar-refractivity contribution is 5.77. The number of anilines is 2. The Morgan fingerprint density at radius 2 is 2.38 bits per heavy atom. The number of fused-ring (bicyclic) bond motifs is 1. The van der Waals surface area contributed by atoms with Gasteiger partial charge in [-0.25, -0.2) is 0 Å². The first kappa shape index (κ1) is 10.8. The first-order chi connectivity index (χ1) is 7.79. The maximum atomic E-state index is 5.65. The maximum Gasteiger partial charge on any atom is 0.295 e. The number of benzene rings is 1. The van der Waals surface area contributed by atoms with E-state index in [1.54, 1.807) is 19.2 Å². The van der Waals surface area contributed by atoms with Crippen LogP contribution in [0.2, 0.25) is 0 Å². The van der Waals surface area contributed by atoms with Crippen molar-refractivity contribution in [2.75, 3.05) is 31.3 Å². The van der Waals surface area contributed by atoms with Crippen LogP contribution in [-0.4, -0.2) is 25.2 Å². The van der Waals surface area contributed by atoms with Crippen LogP contribution < -0.4 is 11.1 Å². The van der Waals surface area contributed by atoms with Crippen LogP contribution in [-0.2, 0) is 4.74 Å². The molecule has 2 rings (SSSR count). The van der Waals surface area contributed by atoms with Crippen molar-refractivity contribution >= 4 is 22.8 Å². The highest BCUT2D eigenvalue weighted by Gasteiger charge is 2.04. The number of nitrogen functional groups attached to an aromatic ring is 1. The van der Waals surface area contributed by atoms with Gasteiger partial charge in [0, 0.05) is 32.0 Å². The van der Waals surface area contributed by atoms with Gasteiger partial charge in [-0.2, -0.15) is 4.98 Å². The van der Waals surface area contributed by atoms with Gasteiger partial charge >= 0.3 is 0 Å². The normalized spacial score (nSPS) is 10.8. The number of nitrogens with two attached hydrogens (primary N) is 1. The molecular weight excluding hydrogens is 206 g/mol. The van der Waals surface area contributed by atoms with Gasteiger partial charge in [-0.15, -0.1) is 0 Å². The largest absolute Gasteiger partial charge is 0.423 e. The first-order valence-corrected chi connectivity index (χ1v) is 5.18. The second kappa shape index (κ2) is 4.85. The summed E-state index contributed by atoms with van der Waals surface area (Å²) in [5.74, 6) is 0. The minimum absolute atomic E-state index is 0.525. The van der Waals surface area contributed by atoms with E-state index in [9.17, 15) is 0 Å². The summed E-state index contributed by atoms with van der Waals surface area (Å²) >= 11 is 0. The highest BCUT2D eigenvalue weighted by Crippen LogP contribution is 2.20. The van der Waals surface area contributed by atoms with Crippen molar-refractivity contribution in [3.05, 3.63) is 18.2 Å². The molecule has 5 heteroatoms. The van der Waals surface area contributed by atoms with Crippen LogP contribution in [0.25, 0.3) is 11.1 Å². The quantitative estimate of drug-likeness (QED) is 0.595. The molecule has 5 nitrogen and oxygen atoms in total. The number of nitrogens with zero attached hydrogens (tertiary/aromatic N) is 1. The van der Waals surface area contributed by atoms with Crippen molar-refractivity contribution < 1.29 is 9.15 Å². The smallest absolute Gasteiger partial charge is 0.295 e. The Bertz CT molecular complexity index is 467. The fourth-order valence-electron chi connectivity index (χ4n) is 1.43. The average Bonchev–Trinajstić information content (AvgIpc) is 2.66. The minimum Gasteiger partial charge on any atom is -0.423 e. The van der Waals surface area contributed by atoms with E-state index in [1.807, 2.05) is 6.07 Å². The number of rotatable bonds is 5. The Labute approximate surface area is 93.6 Å². The molecule has 0 bridgehead atoms. The SMILES string of the molecule is COCCCNc1nc2ccc(N)cc2o1. The summed E-state index contributed by atoms with van der Waals surface area (Å²) in [7, 11) is 1.68. The van der Waals surface area contributed by atoms with E-state index in [0.29, 0.717) is 17.3 Å². The molecular formula is C11H15N3O2. The number of hydrogen-bond acceptors (Lipinski definition) is 5. The molecule has 0 atom stereocenters. The lowest BCUT2D eigenvalue weighted by atomic mass is 10.3. The summed E-state index contributed by atoms with van der Waals surface area (Å²) in [6.45, 7) is 1.50. The Balaban J connectivity index is 2.02. The Kier molecular flexibility index (Phi) is 3.26. The predicted octanol–water partition coefficient (Wildman–Crippen LogP) is 1.86. The lowest BCUT2D eigenvalue weighted by Gasteiger charge is -1.99. The average molecular weight is 221 g/mol. The molecule has 0 aliphatic heterocycles. The fraction of sp³-hybridized carbons (Fsp3) is 0.364. The van der Waals surface area contributed by atoms with E-state index in [0.717, 1.165) is 25.1 Å². The number of hydrogen-bond donors (Lipinski definition) is 2. The van der Waals surface area contributed by atoms with E-state index in [2.05, 4.69) is 10.3 Å². The molecule has 16 heavy (non-hydrogen) atoms. The number of aromatic nitrogens is 1. The van der Waals surface area contributed by atoms with Crippen LogP contribution in [0.5, 0.6) is 0 Å². The van der Waals surface area contributed by atoms with Gasteiger partial charge in [-0.05, 0) is 18.6 Å². The summed E-state index contributed by atoms with van der Waals surface area (Å²) in [5.41, 5.74) is 7.84. The van der Waals surface area contributed by atoms with Crippen molar-refractivity contribution in [1.29, 1.82) is 0 Å². The molecule has 1 heterocycles. The summed E-state index contributed by atoms with van der Waals surface area (Å²) < 4.78 is 10.4. The molecule has 3 N–H and O–H groups in total. The first-order valence-electron chi connectivity index (χ1n) is 5.18. The van der Waals surface area contributed by atoms with E-state index in [1.165, 1.54) is 0 Å². The lowest BCUT2D eigenvalue weighted by Crippen LogP contribution is -2.04. The van der Waals surface area contributed by atoms with Gasteiger partial charge in [0.15, 0.2) is 5.58 Å². The van der Waals surface area contributed by atoms with Gasteiger partial charge in [0.05, 0.1) is 0 Å². The zero-order valence-electron chi connectivity index (χ0n) is 9.19. The van der Waals surface area contributed by atoms with Gasteiger partial charge in [0.25, 0.3) is 6.01 Å². The molecule has 0 unspecified atom stereocenters. The van der Waals surface area contributed by atoms with Crippen molar-refractivity contribution in [2.24, 2.45) is 0 Å². The highest BCUT2D eigenvalue weighted by atomic mass is 16.5. The maximum absolute atomic E-state index is 5.65. The number of nitrogens with one attached hydrogen (secondary N) is 1. The van der Waals surface area contributed by atoms with Crippen molar-refractivity contribution in [2.45, 2.75) is 6.42 Å². The molecule has 0 amide bonds. The van der Waals surface area contributed by atoms with Crippen molar-refractivity contribution in [3.8, 4) is 0 Å². The third-order valence-corrected chi connectivity index (χ3v) is 2.21. The number of methoxy groups -OCH3 is 1. The van der Waals surface area contributed by atoms with E-state index >= 15 is 0 Å². The fourth-order valence-corrected chi connectivity index (χ4v) is 1.43. The van der Waals surface area contributed by atoms with Gasteiger partial charge in [0.2, 0.25) is 0 Å². The minimum atomic E-state index is 0.525. The number of oxazole rings is 1. The zero-order chi connectivity index (χ0) is 11.4. The number of ether oxygens (including phenoxy) is 1. The molecule has 2 aromatic rings. The van der Waals surface area contributed by atoms with Crippen LogP contribution in [0.1, 0.15) is 6.42 Å². The molecule has 0 aliphatic rings. The molecule has 0 aliphatic carbocycles. The molecule has 1 aromatic carbocycles. The van der Waals surface area contributed by atoms with Crippen LogP contribution >= 0.6 is 0 Å². The summed E-state index contributed by atoms with van der Waals surface area (Å²) in [6, 6.07) is 5.94. The van der Waals surface area contributed by atoms with Crippen LogP contribution in [0.3, 0.4) is 0 Å². The second-order valence-electron chi connectivity index (χ2n) is 3.52. The van der Waals surface area contributed by atoms with E-state index in [4.69, 9.17) is 14.9 Å². The summed E-state index contributed by atoms with van der Waals surface area (Å²) in [5, 5.41) is 3.09. The Morgan fingerprint density at radius 1 is 1.50 bits per heavy atom. The third kappa shape index (κ3) is 2.43. The molecule has 0 spiro atoms. The molecule has 86 valence electrons. The second-order valence-corrected chi connectivity index (χ2v) is 3.52. The van der Waals surface area contributed by atoms with Crippen LogP contribution in [0.15, 0.2) is 22.6 Å². The molecule has 1 aromatic heterocycles. The predicted molar refractivity (Wildman–Crippen MR) is 63.4 cm³/mol. The van der Waals surface area contributed by atoms with Gasteiger partial charge in [-0.3, -0.25) is 0 Å². The van der Waals surface area contributed by atoms with Gasteiger partial charge < -0.3 is 20.2 Å². The standard InChI is InChI=1S/C11H15N3O2/c1-15-6-2-5-13-11-14-9-4-3-8(12)7-10(9)16-11/h3-4,7H,2,5-6,12H2,1H3,(H,13,14). The van der Waals surface area contributed by atoms with Gasteiger partial charge in [0.1, 0.15) is 5.52 Å². The third-order valence-electron chi connectivity index (χ3n) is 2.21. The molecule has 0 radical (unpaired) electrons. The van der Waals surface area contributed by atoms with Crippen molar-refractivity contribution in [3.63, 3.8) is 0 Å². The molecule has 0 saturated heterocycles. The molecule has 0 fully saturated rings. The van der Waals surface area contributed by atoms with Crippen LogP contribution in [0.4, 0.5) is 11.7 Å². The lowest BCUT2D eigenvalue weighted by molar-refractivity contribution is 0.197. The molecule has 0 saturated carbocycles. The summed E-state index contributed by atoms with van der Waals surface area (Å²) in [4.78, 5) is 4.28. The zero-order valence-corrected chi connectivity index (χ0v) is 9.19. The van der Waals surface area contributed by atoms with Crippen molar-refractivity contribution in [1.82, 2.24) is 4.98 Å². The van der Waals surface area contributed by atoms with E-state index in [-0.39, 0.29) is 0 Å². The Hall–Kier alpha value is -1.75. The topological polar surface area (TPSA) is 73.3 Å².